The van der Waals surface area contributed by atoms with Gasteiger partial charge in [0.2, 0.25) is 11.8 Å². The highest BCUT2D eigenvalue weighted by Gasteiger charge is 2.30. The smallest absolute Gasteiger partial charge is 0.242 e. The summed E-state index contributed by atoms with van der Waals surface area (Å²) < 4.78 is 0. The molecule has 0 aromatic rings. The Bertz CT molecular complexity index is 232. The topological polar surface area (TPSA) is 69.6 Å². The Morgan fingerprint density at radius 1 is 1.50 bits per heavy atom. The van der Waals surface area contributed by atoms with Crippen LogP contribution >= 0.6 is 0 Å². The number of hydrogen-bond acceptors (Lipinski definition) is 3. The van der Waals surface area contributed by atoms with Crippen LogP contribution in [0.1, 0.15) is 13.8 Å². The van der Waals surface area contributed by atoms with Gasteiger partial charge in [0.15, 0.2) is 0 Å². The van der Waals surface area contributed by atoms with E-state index in [2.05, 4.69) is 5.32 Å². The summed E-state index contributed by atoms with van der Waals surface area (Å²) in [6.45, 7) is 4.24. The van der Waals surface area contributed by atoms with Gasteiger partial charge in [-0.2, -0.15) is 0 Å². The van der Waals surface area contributed by atoms with Crippen molar-refractivity contribution in [3.05, 3.63) is 0 Å². The molecule has 0 aromatic carbocycles. The van der Waals surface area contributed by atoms with Crippen molar-refractivity contribution < 1.29 is 14.7 Å². The zero-order chi connectivity index (χ0) is 10.7. The van der Waals surface area contributed by atoms with Crippen LogP contribution in [0.2, 0.25) is 0 Å². The first-order valence-electron chi connectivity index (χ1n) is 4.71. The van der Waals surface area contributed by atoms with Crippen LogP contribution in [0.15, 0.2) is 0 Å². The van der Waals surface area contributed by atoms with Gasteiger partial charge in [0.25, 0.3) is 0 Å². The predicted octanol–water partition coefficient (Wildman–Crippen LogP) is -1.04. The number of likely N-dealkylation sites (tertiary alicyclic amines) is 1. The zero-order valence-electron chi connectivity index (χ0n) is 8.49. The number of carbonyl (C=O) groups excluding carboxylic acids is 2. The molecule has 1 rings (SSSR count). The number of β-amino-alcohol motifs (C(OH)–C–C–N with tert-alkyl or cyclic N) is 1. The van der Waals surface area contributed by atoms with E-state index in [0.717, 1.165) is 0 Å². The van der Waals surface area contributed by atoms with Crippen molar-refractivity contribution in [2.24, 2.45) is 5.92 Å². The normalized spacial score (nSPS) is 26.4. The molecule has 1 aliphatic heterocycles. The van der Waals surface area contributed by atoms with Gasteiger partial charge >= 0.3 is 0 Å². The first kappa shape index (κ1) is 11.0. The van der Waals surface area contributed by atoms with E-state index < -0.39 is 6.10 Å². The maximum atomic E-state index is 11.4. The van der Waals surface area contributed by atoms with Crippen molar-refractivity contribution >= 4 is 11.8 Å². The van der Waals surface area contributed by atoms with E-state index >= 15 is 0 Å². The van der Waals surface area contributed by atoms with Crippen molar-refractivity contribution in [3.8, 4) is 0 Å². The van der Waals surface area contributed by atoms with Crippen molar-refractivity contribution in [2.75, 3.05) is 19.6 Å². The Morgan fingerprint density at radius 3 is 2.57 bits per heavy atom. The SMILES string of the molecule is CC(=O)NCC(=O)N1CC(C)C(O)C1. The fourth-order valence-corrected chi connectivity index (χ4v) is 1.47. The molecular formula is C9H16N2O3. The maximum Gasteiger partial charge on any atom is 0.242 e. The molecule has 80 valence electrons. The standard InChI is InChI=1S/C9H16N2O3/c1-6-4-11(5-8(6)13)9(14)3-10-7(2)12/h6,8,13H,3-5H2,1-2H3,(H,10,12). The Kier molecular flexibility index (Phi) is 3.46. The molecule has 0 radical (unpaired) electrons. The number of rotatable bonds is 2. The monoisotopic (exact) mass is 200 g/mol. The quantitative estimate of drug-likeness (QED) is 0.598. The summed E-state index contributed by atoms with van der Waals surface area (Å²) in [5.41, 5.74) is 0. The predicted molar refractivity (Wildman–Crippen MR) is 50.4 cm³/mol. The molecular weight excluding hydrogens is 184 g/mol. The Balaban J connectivity index is 2.36. The summed E-state index contributed by atoms with van der Waals surface area (Å²) in [4.78, 5) is 23.6. The Labute approximate surface area is 83.1 Å². The second kappa shape index (κ2) is 4.41. The lowest BCUT2D eigenvalue weighted by Gasteiger charge is -2.15. The highest BCUT2D eigenvalue weighted by molar-refractivity contribution is 5.83. The summed E-state index contributed by atoms with van der Waals surface area (Å²) in [6, 6.07) is 0. The van der Waals surface area contributed by atoms with Gasteiger partial charge in [-0.05, 0) is 0 Å². The summed E-state index contributed by atoms with van der Waals surface area (Å²) >= 11 is 0. The lowest BCUT2D eigenvalue weighted by atomic mass is 10.1. The van der Waals surface area contributed by atoms with Crippen molar-refractivity contribution in [1.82, 2.24) is 10.2 Å². The lowest BCUT2D eigenvalue weighted by molar-refractivity contribution is -0.131. The van der Waals surface area contributed by atoms with Gasteiger partial charge in [0.1, 0.15) is 0 Å². The molecule has 0 saturated carbocycles. The second-order valence-corrected chi connectivity index (χ2v) is 3.75. The third-order valence-corrected chi connectivity index (χ3v) is 2.41. The first-order valence-corrected chi connectivity index (χ1v) is 4.71. The molecule has 1 fully saturated rings. The van der Waals surface area contributed by atoms with E-state index in [0.29, 0.717) is 13.1 Å². The molecule has 2 atom stereocenters. The van der Waals surface area contributed by atoms with E-state index in [-0.39, 0.29) is 24.3 Å². The van der Waals surface area contributed by atoms with Crippen LogP contribution in [-0.2, 0) is 9.59 Å². The number of amides is 2. The van der Waals surface area contributed by atoms with Gasteiger partial charge in [-0.1, -0.05) is 6.92 Å². The van der Waals surface area contributed by atoms with E-state index in [1.54, 1.807) is 4.90 Å². The Morgan fingerprint density at radius 2 is 2.14 bits per heavy atom. The highest BCUT2D eigenvalue weighted by Crippen LogP contribution is 2.15. The van der Waals surface area contributed by atoms with Crippen LogP contribution in [-0.4, -0.2) is 47.6 Å². The van der Waals surface area contributed by atoms with Crippen LogP contribution in [0, 0.1) is 5.92 Å². The van der Waals surface area contributed by atoms with Crippen molar-refractivity contribution in [1.29, 1.82) is 0 Å². The van der Waals surface area contributed by atoms with Gasteiger partial charge in [-0.25, -0.2) is 0 Å². The molecule has 14 heavy (non-hydrogen) atoms. The molecule has 1 aliphatic rings. The van der Waals surface area contributed by atoms with Crippen LogP contribution in [0.25, 0.3) is 0 Å². The molecule has 5 nitrogen and oxygen atoms in total. The third kappa shape index (κ3) is 2.70. The summed E-state index contributed by atoms with van der Waals surface area (Å²) in [5.74, 6) is -0.231. The zero-order valence-corrected chi connectivity index (χ0v) is 8.49. The van der Waals surface area contributed by atoms with Gasteiger partial charge in [0, 0.05) is 25.9 Å². The minimum Gasteiger partial charge on any atom is -0.391 e. The molecule has 2 unspecified atom stereocenters. The number of nitrogens with one attached hydrogen (secondary N) is 1. The number of hydrogen-bond donors (Lipinski definition) is 2. The highest BCUT2D eigenvalue weighted by atomic mass is 16.3. The fourth-order valence-electron chi connectivity index (χ4n) is 1.47. The molecule has 0 aliphatic carbocycles. The van der Waals surface area contributed by atoms with Gasteiger partial charge in [-0.3, -0.25) is 9.59 Å². The lowest BCUT2D eigenvalue weighted by Crippen LogP contribution is -2.38. The molecule has 5 heteroatoms. The molecule has 2 amide bonds. The van der Waals surface area contributed by atoms with E-state index in [9.17, 15) is 14.7 Å². The average Bonchev–Trinajstić information content (AvgIpc) is 2.43. The van der Waals surface area contributed by atoms with E-state index in [1.165, 1.54) is 6.92 Å². The van der Waals surface area contributed by atoms with Crippen molar-refractivity contribution in [2.45, 2.75) is 20.0 Å². The molecule has 0 aromatic heterocycles. The van der Waals surface area contributed by atoms with Gasteiger partial charge in [0.05, 0.1) is 12.6 Å². The van der Waals surface area contributed by atoms with Crippen LogP contribution in [0.3, 0.4) is 0 Å². The second-order valence-electron chi connectivity index (χ2n) is 3.75. The van der Waals surface area contributed by atoms with Crippen molar-refractivity contribution in [3.63, 3.8) is 0 Å². The molecule has 1 heterocycles. The largest absolute Gasteiger partial charge is 0.391 e. The summed E-state index contributed by atoms with van der Waals surface area (Å²) in [7, 11) is 0. The van der Waals surface area contributed by atoms with Crippen LogP contribution < -0.4 is 5.32 Å². The van der Waals surface area contributed by atoms with E-state index in [1.807, 2.05) is 6.92 Å². The number of aliphatic hydroxyl groups excluding tert-OH is 1. The number of carbonyl (C=O) groups is 2. The van der Waals surface area contributed by atoms with Gasteiger partial charge < -0.3 is 15.3 Å². The summed E-state index contributed by atoms with van der Waals surface area (Å²) in [5, 5.41) is 11.9. The molecule has 2 N–H and O–H groups in total. The maximum absolute atomic E-state index is 11.4. The van der Waals surface area contributed by atoms with Gasteiger partial charge in [-0.15, -0.1) is 0 Å². The summed E-state index contributed by atoms with van der Waals surface area (Å²) in [6.07, 6.45) is -0.434. The molecule has 1 saturated heterocycles. The minimum atomic E-state index is -0.434. The molecule has 0 spiro atoms. The van der Waals surface area contributed by atoms with Crippen LogP contribution in [0.5, 0.6) is 0 Å². The minimum absolute atomic E-state index is 0.0226. The third-order valence-electron chi connectivity index (χ3n) is 2.41. The fraction of sp³-hybridized carbons (Fsp3) is 0.778. The Hall–Kier alpha value is -1.10. The number of aliphatic hydroxyl groups is 1. The van der Waals surface area contributed by atoms with E-state index in [4.69, 9.17) is 0 Å². The molecule has 0 bridgehead atoms. The number of nitrogens with zero attached hydrogens (tertiary/aromatic N) is 1. The van der Waals surface area contributed by atoms with Crippen LogP contribution in [0.4, 0.5) is 0 Å². The first-order chi connectivity index (χ1) is 6.50. The average molecular weight is 200 g/mol.